The van der Waals surface area contributed by atoms with Crippen molar-refractivity contribution in [1.82, 2.24) is 10.0 Å². The zero-order chi connectivity index (χ0) is 15.3. The maximum atomic E-state index is 12.3. The second-order valence-corrected chi connectivity index (χ2v) is 6.30. The van der Waals surface area contributed by atoms with Crippen LogP contribution >= 0.6 is 0 Å². The molecule has 2 rings (SSSR count). The quantitative estimate of drug-likeness (QED) is 0.766. The van der Waals surface area contributed by atoms with Crippen molar-refractivity contribution < 1.29 is 22.6 Å². The van der Waals surface area contributed by atoms with E-state index in [9.17, 15) is 8.42 Å². The monoisotopic (exact) mass is 316 g/mol. The number of hydrogen-bond acceptors (Lipinski definition) is 6. The Morgan fingerprint density at radius 3 is 2.81 bits per heavy atom. The summed E-state index contributed by atoms with van der Waals surface area (Å²) in [4.78, 5) is 0.0783. The van der Waals surface area contributed by atoms with Crippen LogP contribution in [0.3, 0.4) is 0 Å². The van der Waals surface area contributed by atoms with Crippen LogP contribution in [0.2, 0.25) is 0 Å². The number of sulfonamides is 1. The third-order valence-corrected chi connectivity index (χ3v) is 4.63. The Balaban J connectivity index is 2.11. The van der Waals surface area contributed by atoms with Gasteiger partial charge in [0.25, 0.3) is 0 Å². The van der Waals surface area contributed by atoms with Crippen molar-refractivity contribution >= 4 is 10.0 Å². The van der Waals surface area contributed by atoms with Gasteiger partial charge in [-0.3, -0.25) is 0 Å². The summed E-state index contributed by atoms with van der Waals surface area (Å²) in [5, 5.41) is 3.15. The molecule has 1 atom stereocenters. The molecule has 1 aliphatic rings. The van der Waals surface area contributed by atoms with E-state index in [1.807, 2.05) is 0 Å². The number of rotatable bonds is 6. The van der Waals surface area contributed by atoms with E-state index in [0.717, 1.165) is 6.54 Å². The minimum Gasteiger partial charge on any atom is -0.497 e. The number of morpholine rings is 1. The molecule has 0 saturated carbocycles. The van der Waals surface area contributed by atoms with Gasteiger partial charge in [0.15, 0.2) is 0 Å². The van der Waals surface area contributed by atoms with Crippen molar-refractivity contribution in [2.24, 2.45) is 0 Å². The number of hydrogen-bond donors (Lipinski definition) is 2. The second-order valence-electron chi connectivity index (χ2n) is 4.57. The van der Waals surface area contributed by atoms with Gasteiger partial charge >= 0.3 is 0 Å². The molecule has 0 radical (unpaired) electrons. The third kappa shape index (κ3) is 4.07. The van der Waals surface area contributed by atoms with Gasteiger partial charge in [0.2, 0.25) is 10.0 Å². The lowest BCUT2D eigenvalue weighted by atomic mass is 10.3. The minimum absolute atomic E-state index is 0.0783. The molecular weight excluding hydrogens is 296 g/mol. The van der Waals surface area contributed by atoms with Crippen LogP contribution in [0, 0.1) is 0 Å². The molecule has 7 nitrogen and oxygen atoms in total. The predicted octanol–water partition coefficient (Wildman–Crippen LogP) is -0.0295. The molecule has 1 unspecified atom stereocenters. The molecule has 1 aromatic carbocycles. The zero-order valence-corrected chi connectivity index (χ0v) is 12.9. The largest absolute Gasteiger partial charge is 0.497 e. The van der Waals surface area contributed by atoms with Gasteiger partial charge in [0, 0.05) is 25.7 Å². The normalized spacial score (nSPS) is 19.2. The average molecular weight is 316 g/mol. The van der Waals surface area contributed by atoms with Gasteiger partial charge in [0.05, 0.1) is 26.9 Å². The van der Waals surface area contributed by atoms with Gasteiger partial charge in [-0.15, -0.1) is 0 Å². The van der Waals surface area contributed by atoms with Crippen molar-refractivity contribution in [3.05, 3.63) is 18.2 Å². The summed E-state index contributed by atoms with van der Waals surface area (Å²) < 4.78 is 42.9. The molecule has 0 aromatic heterocycles. The Morgan fingerprint density at radius 2 is 2.19 bits per heavy atom. The van der Waals surface area contributed by atoms with Crippen LogP contribution in [0.5, 0.6) is 11.5 Å². The van der Waals surface area contributed by atoms with E-state index in [-0.39, 0.29) is 23.3 Å². The Kier molecular flexibility index (Phi) is 5.40. The van der Waals surface area contributed by atoms with Crippen LogP contribution in [0.1, 0.15) is 0 Å². The van der Waals surface area contributed by atoms with E-state index in [4.69, 9.17) is 14.2 Å². The number of nitrogens with one attached hydrogen (secondary N) is 2. The molecule has 21 heavy (non-hydrogen) atoms. The lowest BCUT2D eigenvalue weighted by Gasteiger charge is -2.23. The van der Waals surface area contributed by atoms with Crippen LogP contribution in [0.15, 0.2) is 23.1 Å². The fraction of sp³-hybridized carbons (Fsp3) is 0.538. The van der Waals surface area contributed by atoms with Gasteiger partial charge in [-0.2, -0.15) is 0 Å². The Bertz CT molecular complexity index is 570. The molecule has 1 fully saturated rings. The topological polar surface area (TPSA) is 85.9 Å². The fourth-order valence-corrected chi connectivity index (χ4v) is 3.24. The van der Waals surface area contributed by atoms with E-state index >= 15 is 0 Å². The first kappa shape index (κ1) is 16.0. The summed E-state index contributed by atoms with van der Waals surface area (Å²) >= 11 is 0. The highest BCUT2D eigenvalue weighted by Gasteiger charge is 2.22. The van der Waals surface area contributed by atoms with E-state index in [0.29, 0.717) is 18.9 Å². The summed E-state index contributed by atoms with van der Waals surface area (Å²) in [6, 6.07) is 4.57. The minimum atomic E-state index is -3.67. The fourth-order valence-electron chi connectivity index (χ4n) is 2.03. The Morgan fingerprint density at radius 1 is 1.38 bits per heavy atom. The zero-order valence-electron chi connectivity index (χ0n) is 12.1. The predicted molar refractivity (Wildman–Crippen MR) is 77.3 cm³/mol. The summed E-state index contributed by atoms with van der Waals surface area (Å²) in [6.45, 7) is 2.21. The van der Waals surface area contributed by atoms with Gasteiger partial charge in [-0.1, -0.05) is 0 Å². The first-order chi connectivity index (χ1) is 10.1. The van der Waals surface area contributed by atoms with Crippen LogP contribution < -0.4 is 19.5 Å². The number of benzene rings is 1. The molecule has 2 N–H and O–H groups in total. The van der Waals surface area contributed by atoms with Gasteiger partial charge in [0.1, 0.15) is 16.4 Å². The first-order valence-corrected chi connectivity index (χ1v) is 8.09. The lowest BCUT2D eigenvalue weighted by molar-refractivity contribution is 0.0324. The molecule has 0 bridgehead atoms. The van der Waals surface area contributed by atoms with Crippen molar-refractivity contribution in [2.75, 3.05) is 40.5 Å². The molecule has 0 aliphatic carbocycles. The Labute approximate surface area is 124 Å². The summed E-state index contributed by atoms with van der Waals surface area (Å²) in [7, 11) is -0.739. The summed E-state index contributed by atoms with van der Waals surface area (Å²) in [5.74, 6) is 0.773. The van der Waals surface area contributed by atoms with E-state index in [2.05, 4.69) is 10.0 Å². The number of methoxy groups -OCH3 is 2. The molecule has 8 heteroatoms. The summed E-state index contributed by atoms with van der Waals surface area (Å²) in [5.41, 5.74) is 0. The standard InChI is InChI=1S/C13H20N2O5S/c1-18-10-3-4-13(12(7-10)19-2)21(16,17)15-9-11-8-14-5-6-20-11/h3-4,7,11,14-15H,5-6,8-9H2,1-2H3. The third-order valence-electron chi connectivity index (χ3n) is 3.17. The number of ether oxygens (including phenoxy) is 3. The highest BCUT2D eigenvalue weighted by molar-refractivity contribution is 7.89. The smallest absolute Gasteiger partial charge is 0.244 e. The highest BCUT2D eigenvalue weighted by Crippen LogP contribution is 2.28. The van der Waals surface area contributed by atoms with Gasteiger partial charge < -0.3 is 19.5 Å². The van der Waals surface area contributed by atoms with Crippen molar-refractivity contribution in [1.29, 1.82) is 0 Å². The van der Waals surface area contributed by atoms with Crippen molar-refractivity contribution in [3.63, 3.8) is 0 Å². The molecule has 1 heterocycles. The molecular formula is C13H20N2O5S. The van der Waals surface area contributed by atoms with Crippen LogP contribution in [0.4, 0.5) is 0 Å². The maximum Gasteiger partial charge on any atom is 0.244 e. The van der Waals surface area contributed by atoms with Crippen molar-refractivity contribution in [2.45, 2.75) is 11.0 Å². The SMILES string of the molecule is COc1ccc(S(=O)(=O)NCC2CNCCO2)c(OC)c1. The Hall–Kier alpha value is -1.35. The molecule has 1 aliphatic heterocycles. The highest BCUT2D eigenvalue weighted by atomic mass is 32.2. The van der Waals surface area contributed by atoms with Gasteiger partial charge in [-0.25, -0.2) is 13.1 Å². The van der Waals surface area contributed by atoms with Gasteiger partial charge in [-0.05, 0) is 12.1 Å². The van der Waals surface area contributed by atoms with E-state index < -0.39 is 10.0 Å². The first-order valence-electron chi connectivity index (χ1n) is 6.61. The molecule has 1 saturated heterocycles. The maximum absolute atomic E-state index is 12.3. The average Bonchev–Trinajstić information content (AvgIpc) is 2.53. The molecule has 118 valence electrons. The van der Waals surface area contributed by atoms with Crippen molar-refractivity contribution in [3.8, 4) is 11.5 Å². The molecule has 0 amide bonds. The van der Waals surface area contributed by atoms with E-state index in [1.165, 1.54) is 26.4 Å². The van der Waals surface area contributed by atoms with E-state index in [1.54, 1.807) is 6.07 Å². The van der Waals surface area contributed by atoms with Crippen LogP contribution in [-0.4, -0.2) is 55.0 Å². The molecule has 1 aromatic rings. The lowest BCUT2D eigenvalue weighted by Crippen LogP contribution is -2.45. The van der Waals surface area contributed by atoms with Crippen LogP contribution in [-0.2, 0) is 14.8 Å². The summed E-state index contributed by atoms with van der Waals surface area (Å²) in [6.07, 6.45) is -0.169. The molecule has 0 spiro atoms. The van der Waals surface area contributed by atoms with Crippen LogP contribution in [0.25, 0.3) is 0 Å². The second kappa shape index (κ2) is 7.08.